The lowest BCUT2D eigenvalue weighted by molar-refractivity contribution is 0.0971. The Balaban J connectivity index is 1.66. The third-order valence-corrected chi connectivity index (χ3v) is 4.22. The largest absolute Gasteiger partial charge is 0.474 e. The van der Waals surface area contributed by atoms with Gasteiger partial charge in [0.1, 0.15) is 29.3 Å². The second kappa shape index (κ2) is 5.27. The van der Waals surface area contributed by atoms with E-state index in [1.54, 1.807) is 35.1 Å². The van der Waals surface area contributed by atoms with E-state index in [2.05, 4.69) is 9.97 Å². The van der Waals surface area contributed by atoms with Crippen molar-refractivity contribution in [2.24, 2.45) is 0 Å². The van der Waals surface area contributed by atoms with Crippen LogP contribution in [0.3, 0.4) is 0 Å². The first-order valence-corrected chi connectivity index (χ1v) is 7.58. The van der Waals surface area contributed by atoms with Crippen LogP contribution in [-0.4, -0.2) is 29.0 Å². The number of carbonyl (C=O) groups excluding carboxylic acids is 1. The molecule has 1 aliphatic rings. The van der Waals surface area contributed by atoms with Crippen LogP contribution in [0.1, 0.15) is 10.5 Å². The van der Waals surface area contributed by atoms with Crippen LogP contribution in [0.25, 0.3) is 10.6 Å². The van der Waals surface area contributed by atoms with E-state index in [1.165, 1.54) is 11.3 Å². The Bertz CT molecular complexity index is 813. The van der Waals surface area contributed by atoms with Crippen molar-refractivity contribution in [2.75, 3.05) is 18.1 Å². The molecular formula is C15H11N3O3S. The van der Waals surface area contributed by atoms with Gasteiger partial charge in [-0.25, -0.2) is 9.97 Å². The predicted molar refractivity (Wildman–Crippen MR) is 81.2 cm³/mol. The number of anilines is 1. The van der Waals surface area contributed by atoms with Crippen LogP contribution in [0, 0.1) is 0 Å². The third-order valence-electron chi connectivity index (χ3n) is 3.33. The van der Waals surface area contributed by atoms with Crippen molar-refractivity contribution in [3.8, 4) is 16.5 Å². The van der Waals surface area contributed by atoms with Crippen molar-refractivity contribution >= 4 is 22.9 Å². The molecule has 0 unspecified atom stereocenters. The molecule has 0 bridgehead atoms. The Labute approximate surface area is 130 Å². The van der Waals surface area contributed by atoms with Crippen molar-refractivity contribution in [3.63, 3.8) is 0 Å². The summed E-state index contributed by atoms with van der Waals surface area (Å²) >= 11 is 1.42. The minimum absolute atomic E-state index is 0.149. The molecule has 0 spiro atoms. The molecule has 1 amide bonds. The molecule has 22 heavy (non-hydrogen) atoms. The van der Waals surface area contributed by atoms with Gasteiger partial charge in [-0.3, -0.25) is 9.69 Å². The highest BCUT2D eigenvalue weighted by atomic mass is 32.1. The number of fused-ring (bicyclic) bond motifs is 1. The number of carbonyl (C=O) groups is 1. The van der Waals surface area contributed by atoms with E-state index in [1.807, 2.05) is 12.1 Å². The van der Waals surface area contributed by atoms with Crippen LogP contribution in [0.2, 0.25) is 0 Å². The first-order valence-electron chi connectivity index (χ1n) is 6.71. The zero-order valence-corrected chi connectivity index (χ0v) is 12.2. The number of hydrogen-bond acceptors (Lipinski definition) is 6. The fourth-order valence-corrected chi connectivity index (χ4v) is 3.07. The molecule has 7 heteroatoms. The number of hydrogen-bond donors (Lipinski definition) is 0. The van der Waals surface area contributed by atoms with E-state index in [4.69, 9.17) is 9.15 Å². The minimum atomic E-state index is -0.149. The Morgan fingerprint density at radius 3 is 3.18 bits per heavy atom. The molecule has 110 valence electrons. The van der Waals surface area contributed by atoms with Gasteiger partial charge >= 0.3 is 0 Å². The van der Waals surface area contributed by atoms with E-state index < -0.39 is 0 Å². The highest BCUT2D eigenvalue weighted by Crippen LogP contribution is 2.31. The molecule has 0 saturated heterocycles. The maximum atomic E-state index is 12.7. The van der Waals surface area contributed by atoms with Crippen LogP contribution in [0.5, 0.6) is 5.88 Å². The van der Waals surface area contributed by atoms with Crippen LogP contribution in [0.4, 0.5) is 5.69 Å². The standard InChI is InChI=1S/C15H11N3O3S/c19-15(11-9-22-14(17-11)10-3-6-20-8-10)18-5-7-21-13-12(18)2-1-4-16-13/h1-4,6,8-9H,5,7H2. The van der Waals surface area contributed by atoms with E-state index in [-0.39, 0.29) is 5.91 Å². The van der Waals surface area contributed by atoms with Gasteiger partial charge in [-0.2, -0.15) is 0 Å². The van der Waals surface area contributed by atoms with Gasteiger partial charge in [-0.1, -0.05) is 0 Å². The molecule has 0 atom stereocenters. The first-order chi connectivity index (χ1) is 10.8. The third kappa shape index (κ3) is 2.15. The zero-order valence-electron chi connectivity index (χ0n) is 11.4. The van der Waals surface area contributed by atoms with Crippen LogP contribution in [0.15, 0.2) is 46.7 Å². The summed E-state index contributed by atoms with van der Waals surface area (Å²) in [6, 6.07) is 5.43. The number of amides is 1. The molecule has 4 rings (SSSR count). The molecule has 0 radical (unpaired) electrons. The maximum Gasteiger partial charge on any atom is 0.278 e. The highest BCUT2D eigenvalue weighted by Gasteiger charge is 2.27. The second-order valence-corrected chi connectivity index (χ2v) is 5.54. The molecule has 3 aromatic heterocycles. The first kappa shape index (κ1) is 13.0. The lowest BCUT2D eigenvalue weighted by atomic mass is 10.3. The second-order valence-electron chi connectivity index (χ2n) is 4.68. The maximum absolute atomic E-state index is 12.7. The number of rotatable bonds is 2. The van der Waals surface area contributed by atoms with Crippen molar-refractivity contribution in [1.29, 1.82) is 0 Å². The summed E-state index contributed by atoms with van der Waals surface area (Å²) in [5.74, 6) is 0.330. The van der Waals surface area contributed by atoms with Gasteiger partial charge in [0.25, 0.3) is 5.91 Å². The average molecular weight is 313 g/mol. The molecule has 0 saturated carbocycles. The summed E-state index contributed by atoms with van der Waals surface area (Å²) in [6.07, 6.45) is 4.84. The molecule has 0 N–H and O–H groups in total. The van der Waals surface area contributed by atoms with E-state index >= 15 is 0 Å². The average Bonchev–Trinajstić information content (AvgIpc) is 3.24. The van der Waals surface area contributed by atoms with Gasteiger partial charge in [0.15, 0.2) is 0 Å². The normalized spacial score (nSPS) is 13.5. The Morgan fingerprint density at radius 2 is 2.32 bits per heavy atom. The van der Waals surface area contributed by atoms with Gasteiger partial charge in [-0.05, 0) is 18.2 Å². The van der Waals surface area contributed by atoms with E-state index in [0.29, 0.717) is 30.4 Å². The number of ether oxygens (including phenoxy) is 1. The van der Waals surface area contributed by atoms with Crippen molar-refractivity contribution in [2.45, 2.75) is 0 Å². The van der Waals surface area contributed by atoms with E-state index in [0.717, 1.165) is 10.6 Å². The van der Waals surface area contributed by atoms with Gasteiger partial charge in [0.2, 0.25) is 5.88 Å². The minimum Gasteiger partial charge on any atom is -0.474 e. The topological polar surface area (TPSA) is 68.5 Å². The van der Waals surface area contributed by atoms with Crippen LogP contribution >= 0.6 is 11.3 Å². The quantitative estimate of drug-likeness (QED) is 0.727. The van der Waals surface area contributed by atoms with Gasteiger partial charge in [0.05, 0.1) is 12.8 Å². The molecule has 0 aliphatic carbocycles. The molecule has 1 aliphatic heterocycles. The Hall–Kier alpha value is -2.67. The Morgan fingerprint density at radius 1 is 1.36 bits per heavy atom. The van der Waals surface area contributed by atoms with Gasteiger partial charge in [0, 0.05) is 17.1 Å². The lowest BCUT2D eigenvalue weighted by Gasteiger charge is -2.27. The SMILES string of the molecule is O=C(c1csc(-c2ccoc2)n1)N1CCOc2ncccc21. The molecule has 0 fully saturated rings. The van der Waals surface area contributed by atoms with Gasteiger partial charge < -0.3 is 9.15 Å². The summed E-state index contributed by atoms with van der Waals surface area (Å²) in [7, 11) is 0. The molecular weight excluding hydrogens is 302 g/mol. The van der Waals surface area contributed by atoms with Crippen molar-refractivity contribution in [3.05, 3.63) is 48.0 Å². The zero-order chi connectivity index (χ0) is 14.9. The summed E-state index contributed by atoms with van der Waals surface area (Å²) in [5, 5.41) is 2.52. The fraction of sp³-hybridized carbons (Fsp3) is 0.133. The Kier molecular flexibility index (Phi) is 3.12. The van der Waals surface area contributed by atoms with Gasteiger partial charge in [-0.15, -0.1) is 11.3 Å². The summed E-state index contributed by atoms with van der Waals surface area (Å²) < 4.78 is 10.5. The monoisotopic (exact) mass is 313 g/mol. The lowest BCUT2D eigenvalue weighted by Crippen LogP contribution is -2.38. The summed E-state index contributed by atoms with van der Waals surface area (Å²) in [6.45, 7) is 0.907. The molecule has 0 aromatic carbocycles. The smallest absolute Gasteiger partial charge is 0.278 e. The number of nitrogens with zero attached hydrogens (tertiary/aromatic N) is 3. The van der Waals surface area contributed by atoms with Crippen LogP contribution < -0.4 is 9.64 Å². The fourth-order valence-electron chi connectivity index (χ4n) is 2.29. The molecule has 3 aromatic rings. The predicted octanol–water partition coefficient (Wildman–Crippen LogP) is 2.84. The van der Waals surface area contributed by atoms with Crippen LogP contribution in [-0.2, 0) is 0 Å². The highest BCUT2D eigenvalue weighted by molar-refractivity contribution is 7.13. The van der Waals surface area contributed by atoms with E-state index in [9.17, 15) is 4.79 Å². The van der Waals surface area contributed by atoms with Crippen molar-refractivity contribution in [1.82, 2.24) is 9.97 Å². The number of furan rings is 1. The molecule has 4 heterocycles. The van der Waals surface area contributed by atoms with Crippen molar-refractivity contribution < 1.29 is 13.9 Å². The number of aromatic nitrogens is 2. The summed E-state index contributed by atoms with van der Waals surface area (Å²) in [4.78, 5) is 22.9. The number of thiazole rings is 1. The molecule has 6 nitrogen and oxygen atoms in total. The number of pyridine rings is 1. The summed E-state index contributed by atoms with van der Waals surface area (Å²) in [5.41, 5.74) is 1.96.